The average Bonchev–Trinajstić information content (AvgIpc) is 2.96. The lowest BCUT2D eigenvalue weighted by Crippen LogP contribution is -2.26. The smallest absolute Gasteiger partial charge is 0.267 e. The second-order valence-corrected chi connectivity index (χ2v) is 6.37. The van der Waals surface area contributed by atoms with Gasteiger partial charge in [-0.25, -0.2) is 8.42 Å². The zero-order valence-corrected chi connectivity index (χ0v) is 12.7. The van der Waals surface area contributed by atoms with Crippen LogP contribution in [0, 0.1) is 0 Å². The molecule has 0 saturated carbocycles. The van der Waals surface area contributed by atoms with Crippen LogP contribution in [0.1, 0.15) is 0 Å². The lowest BCUT2D eigenvalue weighted by Gasteiger charge is -2.18. The maximum absolute atomic E-state index is 12.6. The maximum atomic E-state index is 12.6. The molecular formula is C13H18N4O3S. The molecule has 7 nitrogen and oxygen atoms in total. The Hall–Kier alpha value is -2.06. The molecule has 0 amide bonds. The summed E-state index contributed by atoms with van der Waals surface area (Å²) < 4.78 is 32.9. The van der Waals surface area contributed by atoms with Crippen LogP contribution in [0.15, 0.2) is 41.6 Å². The number of rotatable bonds is 6. The van der Waals surface area contributed by atoms with Crippen molar-refractivity contribution < 1.29 is 13.2 Å². The molecule has 0 atom stereocenters. The van der Waals surface area contributed by atoms with E-state index in [1.807, 2.05) is 0 Å². The Morgan fingerprint density at radius 1 is 1.43 bits per heavy atom. The van der Waals surface area contributed by atoms with Crippen molar-refractivity contribution in [1.29, 1.82) is 0 Å². The minimum atomic E-state index is -3.66. The third kappa shape index (κ3) is 3.17. The predicted molar refractivity (Wildman–Crippen MR) is 79.9 cm³/mol. The van der Waals surface area contributed by atoms with Crippen molar-refractivity contribution >= 4 is 15.7 Å². The van der Waals surface area contributed by atoms with Crippen LogP contribution in [0.3, 0.4) is 0 Å². The van der Waals surface area contributed by atoms with Gasteiger partial charge in [-0.1, -0.05) is 6.07 Å². The third-order valence-corrected chi connectivity index (χ3v) is 4.78. The molecule has 0 bridgehead atoms. The largest absolute Gasteiger partial charge is 0.497 e. The Labute approximate surface area is 124 Å². The molecule has 8 heteroatoms. The number of anilines is 1. The Morgan fingerprint density at radius 3 is 2.86 bits per heavy atom. The van der Waals surface area contributed by atoms with Gasteiger partial charge in [0, 0.05) is 25.9 Å². The molecule has 0 spiro atoms. The van der Waals surface area contributed by atoms with E-state index in [1.54, 1.807) is 24.3 Å². The number of nitrogens with zero attached hydrogens (tertiary/aromatic N) is 3. The quantitative estimate of drug-likeness (QED) is 0.847. The molecule has 0 unspecified atom stereocenters. The highest BCUT2D eigenvalue weighted by atomic mass is 32.2. The fraction of sp³-hybridized carbons (Fsp3) is 0.308. The first kappa shape index (κ1) is 15.3. The molecule has 2 N–H and O–H groups in total. The Balaban J connectivity index is 2.32. The molecule has 21 heavy (non-hydrogen) atoms. The van der Waals surface area contributed by atoms with Crippen molar-refractivity contribution in [3.63, 3.8) is 0 Å². The first-order valence-electron chi connectivity index (χ1n) is 6.34. The van der Waals surface area contributed by atoms with Crippen LogP contribution >= 0.6 is 0 Å². The second-order valence-electron chi connectivity index (χ2n) is 4.40. The molecule has 114 valence electrons. The molecule has 2 rings (SSSR count). The summed E-state index contributed by atoms with van der Waals surface area (Å²) in [4.78, 5) is 0.126. The highest BCUT2D eigenvalue weighted by Crippen LogP contribution is 2.25. The highest BCUT2D eigenvalue weighted by Gasteiger charge is 2.23. The zero-order valence-electron chi connectivity index (χ0n) is 11.9. The van der Waals surface area contributed by atoms with Gasteiger partial charge in [0.2, 0.25) is 0 Å². The molecule has 0 aliphatic rings. The topological polar surface area (TPSA) is 90.5 Å². The fourth-order valence-corrected chi connectivity index (χ4v) is 2.98. The summed E-state index contributed by atoms with van der Waals surface area (Å²) in [5, 5.41) is 3.99. The number of hydrogen-bond acceptors (Lipinski definition) is 5. The molecule has 1 aromatic heterocycles. The summed E-state index contributed by atoms with van der Waals surface area (Å²) in [6.07, 6.45) is 2.79. The van der Waals surface area contributed by atoms with Gasteiger partial charge in [-0.3, -0.25) is 8.99 Å². The predicted octanol–water partition coefficient (Wildman–Crippen LogP) is 0.676. The Bertz CT molecular complexity index is 712. The number of sulfonamides is 1. The van der Waals surface area contributed by atoms with E-state index in [1.165, 1.54) is 35.5 Å². The zero-order chi connectivity index (χ0) is 15.5. The number of nitrogens with two attached hydrogens (primary N) is 1. The first-order chi connectivity index (χ1) is 9.98. The third-order valence-electron chi connectivity index (χ3n) is 3.04. The molecular weight excluding hydrogens is 292 g/mol. The summed E-state index contributed by atoms with van der Waals surface area (Å²) in [7, 11) is -0.638. The van der Waals surface area contributed by atoms with Crippen molar-refractivity contribution in [2.24, 2.45) is 5.73 Å². The van der Waals surface area contributed by atoms with E-state index in [-0.39, 0.29) is 4.90 Å². The van der Waals surface area contributed by atoms with E-state index in [0.717, 1.165) is 0 Å². The maximum Gasteiger partial charge on any atom is 0.267 e. The molecule has 1 heterocycles. The van der Waals surface area contributed by atoms with Gasteiger partial charge in [0.15, 0.2) is 0 Å². The summed E-state index contributed by atoms with van der Waals surface area (Å²) in [6, 6.07) is 6.84. The van der Waals surface area contributed by atoms with Crippen molar-refractivity contribution in [1.82, 2.24) is 9.78 Å². The van der Waals surface area contributed by atoms with E-state index in [2.05, 4.69) is 5.10 Å². The van der Waals surface area contributed by atoms with Gasteiger partial charge in [-0.05, 0) is 12.1 Å². The molecule has 0 aliphatic heterocycles. The number of hydrogen-bond donors (Lipinski definition) is 1. The van der Waals surface area contributed by atoms with Gasteiger partial charge in [0.25, 0.3) is 10.0 Å². The summed E-state index contributed by atoms with van der Waals surface area (Å²) >= 11 is 0. The van der Waals surface area contributed by atoms with E-state index < -0.39 is 10.0 Å². The van der Waals surface area contributed by atoms with Crippen LogP contribution in [-0.4, -0.2) is 38.9 Å². The summed E-state index contributed by atoms with van der Waals surface area (Å²) in [5.41, 5.74) is 5.94. The van der Waals surface area contributed by atoms with Crippen LogP contribution in [0.25, 0.3) is 0 Å². The van der Waals surface area contributed by atoms with Gasteiger partial charge in [0.05, 0.1) is 25.5 Å². The highest BCUT2D eigenvalue weighted by molar-refractivity contribution is 7.92. The first-order valence-corrected chi connectivity index (χ1v) is 7.78. The number of ether oxygens (including phenoxy) is 1. The molecule has 1 aromatic carbocycles. The number of benzene rings is 1. The van der Waals surface area contributed by atoms with Gasteiger partial charge in [-0.15, -0.1) is 0 Å². The lowest BCUT2D eigenvalue weighted by atomic mass is 10.3. The molecule has 0 saturated heterocycles. The van der Waals surface area contributed by atoms with Gasteiger partial charge in [-0.2, -0.15) is 5.10 Å². The number of methoxy groups -OCH3 is 1. The van der Waals surface area contributed by atoms with Crippen molar-refractivity contribution in [2.45, 2.75) is 11.4 Å². The normalized spacial score (nSPS) is 11.4. The van der Waals surface area contributed by atoms with Crippen molar-refractivity contribution in [3.05, 3.63) is 36.7 Å². The molecule has 0 radical (unpaired) electrons. The lowest BCUT2D eigenvalue weighted by molar-refractivity contribution is 0.415. The Kier molecular flexibility index (Phi) is 4.49. The molecule has 2 aromatic rings. The second kappa shape index (κ2) is 6.15. The van der Waals surface area contributed by atoms with Crippen LogP contribution in [0.4, 0.5) is 5.69 Å². The summed E-state index contributed by atoms with van der Waals surface area (Å²) in [6.45, 7) is 0.866. The van der Waals surface area contributed by atoms with E-state index in [9.17, 15) is 8.42 Å². The number of aromatic nitrogens is 2. The fourth-order valence-electron chi connectivity index (χ4n) is 1.84. The van der Waals surface area contributed by atoms with E-state index in [4.69, 9.17) is 10.5 Å². The van der Waals surface area contributed by atoms with Gasteiger partial charge < -0.3 is 10.5 Å². The van der Waals surface area contributed by atoms with E-state index >= 15 is 0 Å². The van der Waals surface area contributed by atoms with Crippen LogP contribution < -0.4 is 14.8 Å². The van der Waals surface area contributed by atoms with E-state index in [0.29, 0.717) is 24.5 Å². The SMILES string of the molecule is COc1cccc(N(C)S(=O)(=O)c2cnn(CCN)c2)c1. The average molecular weight is 310 g/mol. The van der Waals surface area contributed by atoms with Crippen LogP contribution in [0.5, 0.6) is 5.75 Å². The van der Waals surface area contributed by atoms with Crippen molar-refractivity contribution in [2.75, 3.05) is 25.0 Å². The minimum Gasteiger partial charge on any atom is -0.497 e. The molecule has 0 aliphatic carbocycles. The van der Waals surface area contributed by atoms with Crippen LogP contribution in [-0.2, 0) is 16.6 Å². The van der Waals surface area contributed by atoms with Gasteiger partial charge in [0.1, 0.15) is 10.6 Å². The molecule has 0 fully saturated rings. The summed E-state index contributed by atoms with van der Waals surface area (Å²) in [5.74, 6) is 0.591. The van der Waals surface area contributed by atoms with Gasteiger partial charge >= 0.3 is 0 Å². The standard InChI is InChI=1S/C13H18N4O3S/c1-16(11-4-3-5-12(8-11)20-2)21(18,19)13-9-15-17(10-13)7-6-14/h3-5,8-10H,6-7,14H2,1-2H3. The van der Waals surface area contributed by atoms with Crippen molar-refractivity contribution in [3.8, 4) is 5.75 Å². The Morgan fingerprint density at radius 2 is 2.19 bits per heavy atom. The minimum absolute atomic E-state index is 0.126. The van der Waals surface area contributed by atoms with Crippen LogP contribution in [0.2, 0.25) is 0 Å². The monoisotopic (exact) mass is 310 g/mol.